The second-order valence-corrected chi connectivity index (χ2v) is 13.1. The molecule has 220 valence electrons. The van der Waals surface area contributed by atoms with Crippen LogP contribution in [0.2, 0.25) is 0 Å². The van der Waals surface area contributed by atoms with Gasteiger partial charge in [0.15, 0.2) is 17.7 Å². The zero-order valence-corrected chi connectivity index (χ0v) is 24.5. The average molecular weight is 563 g/mol. The molecule has 2 aliphatic rings. The number of benzene rings is 1. The van der Waals surface area contributed by atoms with Gasteiger partial charge in [-0.3, -0.25) is 9.47 Å². The third-order valence-electron chi connectivity index (χ3n) is 8.92. The van der Waals surface area contributed by atoms with E-state index in [1.54, 1.807) is 4.57 Å². The van der Waals surface area contributed by atoms with Crippen LogP contribution in [0.25, 0.3) is 22.2 Å². The van der Waals surface area contributed by atoms with Crippen molar-refractivity contribution in [1.29, 1.82) is 0 Å². The lowest BCUT2D eigenvalue weighted by molar-refractivity contribution is -0.0620. The number of hydrogen-bond acceptors (Lipinski definition) is 9. The van der Waals surface area contributed by atoms with Gasteiger partial charge in [-0.1, -0.05) is 26.8 Å². The fraction of sp³-hybridized carbons (Fsp3) is 0.600. The summed E-state index contributed by atoms with van der Waals surface area (Å²) in [7, 11) is 0. The highest BCUT2D eigenvalue weighted by molar-refractivity contribution is 5.81. The van der Waals surface area contributed by atoms with Gasteiger partial charge >= 0.3 is 0 Å². The van der Waals surface area contributed by atoms with Crippen molar-refractivity contribution in [3.63, 3.8) is 0 Å². The number of aliphatic hydroxyl groups is 2. The Hall–Kier alpha value is -3.12. The zero-order valence-electron chi connectivity index (χ0n) is 24.5. The maximum Gasteiger partial charge on any atom is 0.167 e. The molecule has 0 amide bonds. The SMILES string of the molecule is CC(C)N(CC1O[C@@H](n2cnc3c(N)ncnc32)[C@H](O)[C@@H]1O)[C@H]1C[C@@H](CCc2nc3cc(C(C)(C)C)ccc3[nH]2)C1. The van der Waals surface area contributed by atoms with Crippen LogP contribution in [0.1, 0.15) is 71.5 Å². The molecule has 1 aliphatic heterocycles. The van der Waals surface area contributed by atoms with E-state index in [0.29, 0.717) is 29.7 Å². The number of H-pyrrole nitrogens is 1. The van der Waals surface area contributed by atoms with Crippen LogP contribution in [0.4, 0.5) is 5.82 Å². The number of hydrogen-bond donors (Lipinski definition) is 4. The van der Waals surface area contributed by atoms with Gasteiger partial charge in [-0.15, -0.1) is 0 Å². The summed E-state index contributed by atoms with van der Waals surface area (Å²) < 4.78 is 7.86. The predicted octanol–water partition coefficient (Wildman–Crippen LogP) is 3.32. The number of aliphatic hydroxyl groups excluding tert-OH is 2. The summed E-state index contributed by atoms with van der Waals surface area (Å²) in [5.41, 5.74) is 10.4. The molecule has 2 fully saturated rings. The van der Waals surface area contributed by atoms with E-state index in [4.69, 9.17) is 15.5 Å². The van der Waals surface area contributed by atoms with E-state index in [1.807, 2.05) is 0 Å². The molecule has 1 unspecified atom stereocenters. The standard InChI is InChI=1S/C30H42N8O3/c1-16(2)37(13-22-25(39)26(40)29(41-22)38-15-34-24-27(31)32-14-33-28(24)38)19-10-17(11-19)6-9-23-35-20-8-7-18(30(3,4)5)12-21(20)36-23/h7-8,12,14-17,19,22,25-26,29,39-40H,6,9-11,13H2,1-5H3,(H,35,36)(H2,31,32,33)/t17-,19+,22?,25-,26-,29-/m1/s1. The molecule has 3 aromatic heterocycles. The van der Waals surface area contributed by atoms with Gasteiger partial charge in [0.25, 0.3) is 0 Å². The summed E-state index contributed by atoms with van der Waals surface area (Å²) in [5, 5.41) is 21.8. The van der Waals surface area contributed by atoms with Gasteiger partial charge in [0.2, 0.25) is 0 Å². The van der Waals surface area contributed by atoms with E-state index in [2.05, 4.69) is 77.7 Å². The van der Waals surface area contributed by atoms with Crippen LogP contribution < -0.4 is 5.73 Å². The third kappa shape index (κ3) is 5.31. The summed E-state index contributed by atoms with van der Waals surface area (Å²) >= 11 is 0. The van der Waals surface area contributed by atoms with Crippen LogP contribution in [-0.2, 0) is 16.6 Å². The number of imidazole rings is 2. The van der Waals surface area contributed by atoms with Crippen molar-refractivity contribution < 1.29 is 14.9 Å². The largest absolute Gasteiger partial charge is 0.387 e. The molecule has 1 saturated carbocycles. The second kappa shape index (κ2) is 10.6. The number of anilines is 1. The topological polar surface area (TPSA) is 151 Å². The van der Waals surface area contributed by atoms with E-state index in [0.717, 1.165) is 42.5 Å². The molecule has 11 heteroatoms. The van der Waals surface area contributed by atoms with Crippen LogP contribution in [0, 0.1) is 5.92 Å². The molecule has 1 aromatic carbocycles. The normalized spacial score (nSPS) is 27.0. The number of aryl methyl sites for hydroxylation is 1. The maximum atomic E-state index is 10.9. The molecule has 1 aliphatic carbocycles. The highest BCUT2D eigenvalue weighted by Crippen LogP contribution is 2.38. The van der Waals surface area contributed by atoms with Crippen LogP contribution in [0.3, 0.4) is 0 Å². The minimum absolute atomic E-state index is 0.104. The molecule has 0 bridgehead atoms. The number of nitrogens with one attached hydrogen (secondary N) is 1. The lowest BCUT2D eigenvalue weighted by Gasteiger charge is -2.46. The molecule has 4 heterocycles. The quantitative estimate of drug-likeness (QED) is 0.253. The van der Waals surface area contributed by atoms with Crippen molar-refractivity contribution in [3.8, 4) is 0 Å². The summed E-state index contributed by atoms with van der Waals surface area (Å²) in [5.74, 6) is 1.95. The Morgan fingerprint density at radius 2 is 1.93 bits per heavy atom. The monoisotopic (exact) mass is 562 g/mol. The maximum absolute atomic E-state index is 10.9. The minimum Gasteiger partial charge on any atom is -0.387 e. The number of nitrogen functional groups attached to an aromatic ring is 1. The molecular weight excluding hydrogens is 520 g/mol. The first-order valence-corrected chi connectivity index (χ1v) is 14.7. The van der Waals surface area contributed by atoms with Crippen LogP contribution in [0.15, 0.2) is 30.9 Å². The van der Waals surface area contributed by atoms with Crippen LogP contribution in [-0.4, -0.2) is 81.5 Å². The van der Waals surface area contributed by atoms with Crippen molar-refractivity contribution in [3.05, 3.63) is 42.2 Å². The Bertz CT molecular complexity index is 1520. The molecule has 4 aromatic rings. The van der Waals surface area contributed by atoms with Crippen molar-refractivity contribution in [2.24, 2.45) is 5.92 Å². The second-order valence-electron chi connectivity index (χ2n) is 13.1. The van der Waals surface area contributed by atoms with E-state index in [1.165, 1.54) is 18.2 Å². The zero-order chi connectivity index (χ0) is 29.1. The fourth-order valence-corrected chi connectivity index (χ4v) is 6.35. The third-order valence-corrected chi connectivity index (χ3v) is 8.92. The number of aromatic nitrogens is 6. The Morgan fingerprint density at radius 1 is 1.15 bits per heavy atom. The Kier molecular flexibility index (Phi) is 7.25. The number of ether oxygens (including phenoxy) is 1. The molecule has 41 heavy (non-hydrogen) atoms. The summed E-state index contributed by atoms with van der Waals surface area (Å²) in [6.07, 6.45) is 3.63. The van der Waals surface area contributed by atoms with E-state index < -0.39 is 24.5 Å². The van der Waals surface area contributed by atoms with Crippen molar-refractivity contribution in [2.45, 2.75) is 102 Å². The molecular formula is C30H42N8O3. The molecule has 0 radical (unpaired) electrons. The van der Waals surface area contributed by atoms with Gasteiger partial charge in [0.05, 0.1) is 17.4 Å². The number of rotatable bonds is 8. The Morgan fingerprint density at radius 3 is 2.66 bits per heavy atom. The highest BCUT2D eigenvalue weighted by Gasteiger charge is 2.46. The first kappa shape index (κ1) is 28.0. The highest BCUT2D eigenvalue weighted by atomic mass is 16.6. The van der Waals surface area contributed by atoms with E-state index in [9.17, 15) is 10.2 Å². The molecule has 1 saturated heterocycles. The minimum atomic E-state index is -1.11. The van der Waals surface area contributed by atoms with Gasteiger partial charge in [0, 0.05) is 25.0 Å². The number of nitrogens with two attached hydrogens (primary N) is 1. The van der Waals surface area contributed by atoms with Crippen LogP contribution in [0.5, 0.6) is 0 Å². The summed E-state index contributed by atoms with van der Waals surface area (Å²) in [4.78, 5) is 23.3. The van der Waals surface area contributed by atoms with Crippen molar-refractivity contribution in [2.75, 3.05) is 12.3 Å². The van der Waals surface area contributed by atoms with Crippen molar-refractivity contribution in [1.82, 2.24) is 34.4 Å². The Balaban J connectivity index is 1.06. The van der Waals surface area contributed by atoms with Gasteiger partial charge < -0.3 is 25.7 Å². The van der Waals surface area contributed by atoms with Gasteiger partial charge in [-0.05, 0) is 62.1 Å². The predicted molar refractivity (Wildman–Crippen MR) is 157 cm³/mol. The first-order valence-electron chi connectivity index (χ1n) is 14.7. The number of fused-ring (bicyclic) bond motifs is 2. The first-order chi connectivity index (χ1) is 19.5. The fourth-order valence-electron chi connectivity index (χ4n) is 6.35. The Labute approximate surface area is 240 Å². The van der Waals surface area contributed by atoms with Crippen LogP contribution >= 0.6 is 0 Å². The summed E-state index contributed by atoms with van der Waals surface area (Å²) in [6.45, 7) is 11.6. The van der Waals surface area contributed by atoms with Crippen molar-refractivity contribution >= 4 is 28.0 Å². The number of nitrogens with zero attached hydrogens (tertiary/aromatic N) is 6. The lowest BCUT2D eigenvalue weighted by atomic mass is 9.76. The molecule has 11 nitrogen and oxygen atoms in total. The lowest BCUT2D eigenvalue weighted by Crippen LogP contribution is -2.52. The van der Waals surface area contributed by atoms with E-state index >= 15 is 0 Å². The van der Waals surface area contributed by atoms with E-state index in [-0.39, 0.29) is 17.3 Å². The molecule has 5 N–H and O–H groups in total. The molecule has 4 atom stereocenters. The average Bonchev–Trinajstić information content (AvgIpc) is 3.58. The van der Waals surface area contributed by atoms with Gasteiger partial charge in [-0.25, -0.2) is 19.9 Å². The molecule has 6 rings (SSSR count). The van der Waals surface area contributed by atoms with Gasteiger partial charge in [0.1, 0.15) is 36.0 Å². The van der Waals surface area contributed by atoms with Gasteiger partial charge in [-0.2, -0.15) is 0 Å². The summed E-state index contributed by atoms with van der Waals surface area (Å²) in [6, 6.07) is 7.23. The molecule has 0 spiro atoms. The smallest absolute Gasteiger partial charge is 0.167 e. The number of aromatic amines is 1.